The number of halogens is 1. The van der Waals surface area contributed by atoms with Gasteiger partial charge in [-0.3, -0.25) is 4.79 Å². The maximum Gasteiger partial charge on any atom is 0.408 e. The van der Waals surface area contributed by atoms with Crippen molar-refractivity contribution in [3.8, 4) is 0 Å². The zero-order valence-electron chi connectivity index (χ0n) is 14.4. The summed E-state index contributed by atoms with van der Waals surface area (Å²) in [6.07, 6.45) is -0.680. The van der Waals surface area contributed by atoms with Crippen molar-refractivity contribution in [3.63, 3.8) is 0 Å². The second-order valence-electron chi connectivity index (χ2n) is 5.67. The van der Waals surface area contributed by atoms with E-state index in [1.165, 1.54) is 0 Å². The second-order valence-corrected chi connectivity index (χ2v) is 6.10. The highest BCUT2D eigenvalue weighted by Gasteiger charge is 2.24. The third kappa shape index (κ3) is 7.37. The van der Waals surface area contributed by atoms with Gasteiger partial charge in [0, 0.05) is 11.4 Å². The molecule has 2 aromatic carbocycles. The number of benzene rings is 2. The molecule has 2 aromatic rings. The summed E-state index contributed by atoms with van der Waals surface area (Å²) in [4.78, 5) is 35.1. The van der Waals surface area contributed by atoms with E-state index in [1.54, 1.807) is 36.4 Å². The number of amides is 2. The summed E-state index contributed by atoms with van der Waals surface area (Å²) >= 11 is 5.94. The van der Waals surface area contributed by atoms with Crippen molar-refractivity contribution >= 4 is 29.6 Å². The molecule has 0 radical (unpaired) electrons. The lowest BCUT2D eigenvalue weighted by atomic mass is 10.1. The van der Waals surface area contributed by atoms with E-state index in [2.05, 4.69) is 5.32 Å². The van der Waals surface area contributed by atoms with Crippen LogP contribution in [0.2, 0.25) is 5.02 Å². The normalized spacial score (nSPS) is 11.3. The maximum atomic E-state index is 12.2. The van der Waals surface area contributed by atoms with E-state index in [-0.39, 0.29) is 13.0 Å². The van der Waals surface area contributed by atoms with E-state index in [9.17, 15) is 14.4 Å². The zero-order chi connectivity index (χ0) is 19.6. The van der Waals surface area contributed by atoms with Crippen LogP contribution in [0, 0.1) is 0 Å². The smallest absolute Gasteiger partial charge is 0.408 e. The molecule has 0 spiro atoms. The molecule has 0 aromatic heterocycles. The van der Waals surface area contributed by atoms with Gasteiger partial charge >= 0.3 is 12.1 Å². The van der Waals surface area contributed by atoms with Crippen molar-refractivity contribution in [1.82, 2.24) is 5.32 Å². The SMILES string of the molecule is NC(=O)COC(=O)[C@@H](Cc1cccc(Cl)c1)NC(=O)OCc1ccccc1. The topological polar surface area (TPSA) is 108 Å². The first-order chi connectivity index (χ1) is 12.9. The highest BCUT2D eigenvalue weighted by molar-refractivity contribution is 6.30. The monoisotopic (exact) mass is 390 g/mol. The summed E-state index contributed by atoms with van der Waals surface area (Å²) in [5, 5.41) is 2.94. The number of carbonyl (C=O) groups excluding carboxylic acids is 3. The fourth-order valence-corrected chi connectivity index (χ4v) is 2.46. The van der Waals surface area contributed by atoms with Crippen molar-refractivity contribution in [2.75, 3.05) is 6.61 Å². The Morgan fingerprint density at radius 2 is 1.70 bits per heavy atom. The molecular weight excluding hydrogens is 372 g/mol. The molecule has 142 valence electrons. The average molecular weight is 391 g/mol. The van der Waals surface area contributed by atoms with Gasteiger partial charge in [0.15, 0.2) is 6.61 Å². The molecule has 0 bridgehead atoms. The van der Waals surface area contributed by atoms with E-state index in [4.69, 9.17) is 26.8 Å². The summed E-state index contributed by atoms with van der Waals surface area (Å²) in [6.45, 7) is -0.529. The van der Waals surface area contributed by atoms with E-state index in [0.29, 0.717) is 10.6 Å². The number of alkyl carbamates (subject to hydrolysis) is 1. The quantitative estimate of drug-likeness (QED) is 0.672. The molecule has 3 N–H and O–H groups in total. The van der Waals surface area contributed by atoms with Crippen LogP contribution < -0.4 is 11.1 Å². The van der Waals surface area contributed by atoms with Gasteiger partial charge < -0.3 is 20.5 Å². The number of nitrogens with two attached hydrogens (primary N) is 1. The van der Waals surface area contributed by atoms with E-state index < -0.39 is 30.6 Å². The number of carbonyl (C=O) groups is 3. The molecule has 8 heteroatoms. The van der Waals surface area contributed by atoms with Gasteiger partial charge in [-0.15, -0.1) is 0 Å². The first kappa shape index (κ1) is 20.3. The molecule has 0 aliphatic heterocycles. The molecule has 2 amide bonds. The van der Waals surface area contributed by atoms with Crippen molar-refractivity contribution < 1.29 is 23.9 Å². The summed E-state index contributed by atoms with van der Waals surface area (Å²) in [5.41, 5.74) is 6.48. The van der Waals surface area contributed by atoms with Gasteiger partial charge in [0.05, 0.1) is 0 Å². The van der Waals surface area contributed by atoms with E-state index >= 15 is 0 Å². The van der Waals surface area contributed by atoms with Crippen LogP contribution in [-0.2, 0) is 32.1 Å². The minimum atomic E-state index is -1.06. The molecule has 0 aliphatic carbocycles. The molecular formula is C19H19ClN2O5. The van der Waals surface area contributed by atoms with Crippen molar-refractivity contribution in [1.29, 1.82) is 0 Å². The van der Waals surface area contributed by atoms with Crippen LogP contribution in [0.4, 0.5) is 4.79 Å². The van der Waals surface area contributed by atoms with Gasteiger partial charge in [0.2, 0.25) is 0 Å². The Morgan fingerprint density at radius 1 is 1.00 bits per heavy atom. The Bertz CT molecular complexity index is 798. The van der Waals surface area contributed by atoms with Crippen LogP contribution in [0.5, 0.6) is 0 Å². The molecule has 1 atom stereocenters. The van der Waals surface area contributed by atoms with Crippen LogP contribution in [0.25, 0.3) is 0 Å². The van der Waals surface area contributed by atoms with Crippen molar-refractivity contribution in [3.05, 3.63) is 70.7 Å². The molecule has 0 saturated carbocycles. The maximum absolute atomic E-state index is 12.2. The Labute approximate surface area is 161 Å². The van der Waals surface area contributed by atoms with Gasteiger partial charge in [-0.05, 0) is 23.3 Å². The van der Waals surface area contributed by atoms with Gasteiger partial charge in [-0.25, -0.2) is 9.59 Å². The Balaban J connectivity index is 2.00. The van der Waals surface area contributed by atoms with Gasteiger partial charge in [-0.2, -0.15) is 0 Å². The lowest BCUT2D eigenvalue weighted by Crippen LogP contribution is -2.44. The number of hydrogen-bond donors (Lipinski definition) is 2. The number of esters is 1. The van der Waals surface area contributed by atoms with Crippen LogP contribution in [0.15, 0.2) is 54.6 Å². The highest BCUT2D eigenvalue weighted by atomic mass is 35.5. The van der Waals surface area contributed by atoms with Crippen LogP contribution >= 0.6 is 11.6 Å². The van der Waals surface area contributed by atoms with E-state index in [1.807, 2.05) is 18.2 Å². The van der Waals surface area contributed by atoms with Crippen molar-refractivity contribution in [2.45, 2.75) is 19.1 Å². The number of nitrogens with one attached hydrogen (secondary N) is 1. The predicted molar refractivity (Wildman–Crippen MR) is 98.9 cm³/mol. The number of hydrogen-bond acceptors (Lipinski definition) is 5. The fraction of sp³-hybridized carbons (Fsp3) is 0.211. The Hall–Kier alpha value is -3.06. The van der Waals surface area contributed by atoms with Gasteiger partial charge in [0.1, 0.15) is 12.6 Å². The summed E-state index contributed by atoms with van der Waals surface area (Å²) < 4.78 is 9.94. The largest absolute Gasteiger partial charge is 0.454 e. The minimum absolute atomic E-state index is 0.0485. The first-order valence-electron chi connectivity index (χ1n) is 8.10. The molecule has 0 fully saturated rings. The third-order valence-electron chi connectivity index (χ3n) is 3.47. The second kappa shape index (κ2) is 10.2. The summed E-state index contributed by atoms with van der Waals surface area (Å²) in [5.74, 6) is -1.60. The average Bonchev–Trinajstić information content (AvgIpc) is 2.65. The molecule has 2 rings (SSSR count). The minimum Gasteiger partial charge on any atom is -0.454 e. The standard InChI is InChI=1S/C19H19ClN2O5/c20-15-8-4-7-14(9-15)10-16(18(24)26-12-17(21)23)22-19(25)27-11-13-5-2-1-3-6-13/h1-9,16H,10-12H2,(H2,21,23)(H,22,25)/t16-/m1/s1. The summed E-state index contributed by atoms with van der Waals surface area (Å²) in [7, 11) is 0. The zero-order valence-corrected chi connectivity index (χ0v) is 15.1. The number of rotatable bonds is 8. The molecule has 0 aliphatic rings. The Kier molecular flexibility index (Phi) is 7.63. The van der Waals surface area contributed by atoms with Gasteiger partial charge in [-0.1, -0.05) is 54.1 Å². The number of primary amides is 1. The fourth-order valence-electron chi connectivity index (χ4n) is 2.24. The lowest BCUT2D eigenvalue weighted by Gasteiger charge is -2.17. The van der Waals surface area contributed by atoms with E-state index in [0.717, 1.165) is 5.56 Å². The van der Waals surface area contributed by atoms with Crippen molar-refractivity contribution in [2.24, 2.45) is 5.73 Å². The predicted octanol–water partition coefficient (Wildman–Crippen LogP) is 2.21. The van der Waals surface area contributed by atoms with Crippen LogP contribution in [0.3, 0.4) is 0 Å². The molecule has 0 unspecified atom stereocenters. The molecule has 7 nitrogen and oxygen atoms in total. The van der Waals surface area contributed by atoms with Gasteiger partial charge in [0.25, 0.3) is 5.91 Å². The summed E-state index contributed by atoms with van der Waals surface area (Å²) in [6, 6.07) is 14.8. The number of ether oxygens (including phenoxy) is 2. The third-order valence-corrected chi connectivity index (χ3v) is 3.71. The van der Waals surface area contributed by atoms with Crippen LogP contribution in [-0.4, -0.2) is 30.6 Å². The highest BCUT2D eigenvalue weighted by Crippen LogP contribution is 2.13. The molecule has 0 saturated heterocycles. The Morgan fingerprint density at radius 3 is 2.37 bits per heavy atom. The van der Waals surface area contributed by atoms with Crippen LogP contribution in [0.1, 0.15) is 11.1 Å². The molecule has 0 heterocycles. The first-order valence-corrected chi connectivity index (χ1v) is 8.48. The molecule has 27 heavy (non-hydrogen) atoms. The lowest BCUT2D eigenvalue weighted by molar-refractivity contribution is -0.149.